The molecule has 1 aromatic rings. The summed E-state index contributed by atoms with van der Waals surface area (Å²) in [7, 11) is 1.96. The van der Waals surface area contributed by atoms with E-state index in [0.29, 0.717) is 6.04 Å². The van der Waals surface area contributed by atoms with E-state index >= 15 is 0 Å². The third kappa shape index (κ3) is 2.97. The number of hydrogen-bond donors (Lipinski definition) is 1. The van der Waals surface area contributed by atoms with Gasteiger partial charge >= 0.3 is 0 Å². The van der Waals surface area contributed by atoms with Gasteiger partial charge in [-0.1, -0.05) is 0 Å². The zero-order chi connectivity index (χ0) is 14.0. The molecule has 1 saturated heterocycles. The molecule has 0 aromatic carbocycles. The maximum atomic E-state index is 12.6. The molecule has 0 radical (unpaired) electrons. The van der Waals surface area contributed by atoms with Crippen LogP contribution in [0.1, 0.15) is 37.2 Å². The molecular weight excluding hydrogens is 240 g/mol. The fourth-order valence-electron chi connectivity index (χ4n) is 2.82. The van der Waals surface area contributed by atoms with Crippen LogP contribution in [0.15, 0.2) is 6.07 Å². The number of nitrogens with one attached hydrogen (secondary N) is 1. The molecule has 106 valence electrons. The van der Waals surface area contributed by atoms with Gasteiger partial charge in [0.25, 0.3) is 0 Å². The van der Waals surface area contributed by atoms with Crippen molar-refractivity contribution in [2.45, 2.75) is 45.7 Å². The average Bonchev–Trinajstić information content (AvgIpc) is 2.76. The molecule has 1 fully saturated rings. The second kappa shape index (κ2) is 5.74. The summed E-state index contributed by atoms with van der Waals surface area (Å²) >= 11 is 0. The molecule has 5 nitrogen and oxygen atoms in total. The third-order valence-electron chi connectivity index (χ3n) is 3.91. The Hall–Kier alpha value is -1.36. The van der Waals surface area contributed by atoms with Crippen molar-refractivity contribution in [1.82, 2.24) is 20.0 Å². The van der Waals surface area contributed by atoms with E-state index in [1.807, 2.05) is 43.5 Å². The summed E-state index contributed by atoms with van der Waals surface area (Å²) in [4.78, 5) is 14.5. The first-order valence-electron chi connectivity index (χ1n) is 7.01. The second-order valence-electron chi connectivity index (χ2n) is 5.46. The maximum absolute atomic E-state index is 12.6. The molecule has 0 spiro atoms. The highest BCUT2D eigenvalue weighted by molar-refractivity contribution is 5.80. The Kier molecular flexibility index (Phi) is 4.24. The normalized spacial score (nSPS) is 21.5. The summed E-state index contributed by atoms with van der Waals surface area (Å²) < 4.78 is 1.83. The number of carbonyl (C=O) groups excluding carboxylic acids is 1. The first-order valence-corrected chi connectivity index (χ1v) is 7.01. The van der Waals surface area contributed by atoms with E-state index in [9.17, 15) is 4.79 Å². The highest BCUT2D eigenvalue weighted by Gasteiger charge is 2.27. The zero-order valence-electron chi connectivity index (χ0n) is 12.3. The molecule has 0 bridgehead atoms. The minimum absolute atomic E-state index is 0.172. The Labute approximate surface area is 115 Å². The molecular formula is C14H24N4O. The summed E-state index contributed by atoms with van der Waals surface area (Å²) in [5.41, 5.74) is 2.00. The van der Waals surface area contributed by atoms with E-state index in [1.54, 1.807) is 0 Å². The number of carbonyl (C=O) groups is 1. The van der Waals surface area contributed by atoms with Gasteiger partial charge in [0.15, 0.2) is 0 Å². The SMILES string of the molecule is CN[C@@H]1CCCN(C(=O)[C@@H](C)n2nc(C)cc2C)C1. The van der Waals surface area contributed by atoms with Crippen molar-refractivity contribution >= 4 is 5.91 Å². The Morgan fingerprint density at radius 1 is 1.53 bits per heavy atom. The molecule has 1 N–H and O–H groups in total. The quantitative estimate of drug-likeness (QED) is 0.894. The van der Waals surface area contributed by atoms with Gasteiger partial charge in [-0.3, -0.25) is 9.48 Å². The fraction of sp³-hybridized carbons (Fsp3) is 0.714. The first kappa shape index (κ1) is 14.1. The molecule has 2 rings (SSSR count). The van der Waals surface area contributed by atoms with Gasteiger partial charge in [0.1, 0.15) is 6.04 Å². The Morgan fingerprint density at radius 2 is 2.26 bits per heavy atom. The van der Waals surface area contributed by atoms with Gasteiger partial charge in [0.2, 0.25) is 5.91 Å². The van der Waals surface area contributed by atoms with Crippen molar-refractivity contribution in [1.29, 1.82) is 0 Å². The summed E-state index contributed by atoms with van der Waals surface area (Å²) in [6, 6.07) is 2.21. The van der Waals surface area contributed by atoms with Crippen molar-refractivity contribution in [3.63, 3.8) is 0 Å². The molecule has 1 aromatic heterocycles. The molecule has 0 saturated carbocycles. The lowest BCUT2D eigenvalue weighted by Crippen LogP contribution is -2.48. The number of hydrogen-bond acceptors (Lipinski definition) is 3. The van der Waals surface area contributed by atoms with Crippen LogP contribution in [0.5, 0.6) is 0 Å². The standard InChI is InChI=1S/C14H24N4O/c1-10-8-11(2)18(16-10)12(3)14(19)17-7-5-6-13(9-17)15-4/h8,12-13,15H,5-7,9H2,1-4H3/t12-,13-/m1/s1. The minimum atomic E-state index is -0.218. The van der Waals surface area contributed by atoms with Crippen LogP contribution in [0.3, 0.4) is 0 Å². The highest BCUT2D eigenvalue weighted by Crippen LogP contribution is 2.17. The van der Waals surface area contributed by atoms with Crippen molar-refractivity contribution < 1.29 is 4.79 Å². The second-order valence-corrected chi connectivity index (χ2v) is 5.46. The Balaban J connectivity index is 2.08. The van der Waals surface area contributed by atoms with Crippen LogP contribution < -0.4 is 5.32 Å². The molecule has 2 heterocycles. The minimum Gasteiger partial charge on any atom is -0.339 e. The van der Waals surface area contributed by atoms with Crippen molar-refractivity contribution in [2.24, 2.45) is 0 Å². The van der Waals surface area contributed by atoms with Gasteiger partial charge in [-0.25, -0.2) is 0 Å². The lowest BCUT2D eigenvalue weighted by atomic mass is 10.1. The number of piperidine rings is 1. The summed E-state index contributed by atoms with van der Waals surface area (Å²) in [6.45, 7) is 7.55. The first-order chi connectivity index (χ1) is 9.02. The van der Waals surface area contributed by atoms with E-state index in [-0.39, 0.29) is 11.9 Å². The van der Waals surface area contributed by atoms with Crippen molar-refractivity contribution in [3.8, 4) is 0 Å². The summed E-state index contributed by atoms with van der Waals surface area (Å²) in [5.74, 6) is 0.172. The van der Waals surface area contributed by atoms with Crippen molar-refractivity contribution in [3.05, 3.63) is 17.5 Å². The van der Waals surface area contributed by atoms with Crippen molar-refractivity contribution in [2.75, 3.05) is 20.1 Å². The topological polar surface area (TPSA) is 50.2 Å². The van der Waals surface area contributed by atoms with E-state index in [0.717, 1.165) is 37.3 Å². The van der Waals surface area contributed by atoms with Crippen LogP contribution in [0.2, 0.25) is 0 Å². The highest BCUT2D eigenvalue weighted by atomic mass is 16.2. The van der Waals surface area contributed by atoms with Crippen LogP contribution in [0.4, 0.5) is 0 Å². The Morgan fingerprint density at radius 3 is 2.84 bits per heavy atom. The number of likely N-dealkylation sites (N-methyl/N-ethyl adjacent to an activating group) is 1. The van der Waals surface area contributed by atoms with E-state index in [4.69, 9.17) is 0 Å². The Bertz CT molecular complexity index is 454. The van der Waals surface area contributed by atoms with Gasteiger partial charge < -0.3 is 10.2 Å². The number of amides is 1. The predicted octanol–water partition coefficient (Wildman–Crippen LogP) is 1.27. The molecule has 0 unspecified atom stereocenters. The van der Waals surface area contributed by atoms with Crippen LogP contribution in [0, 0.1) is 13.8 Å². The average molecular weight is 264 g/mol. The van der Waals surface area contributed by atoms with E-state index < -0.39 is 0 Å². The molecule has 2 atom stereocenters. The number of rotatable bonds is 3. The van der Waals surface area contributed by atoms with Crippen LogP contribution in [-0.4, -0.2) is 46.8 Å². The zero-order valence-corrected chi connectivity index (χ0v) is 12.3. The van der Waals surface area contributed by atoms with Crippen LogP contribution in [0.25, 0.3) is 0 Å². The van der Waals surface area contributed by atoms with Gasteiger partial charge in [-0.15, -0.1) is 0 Å². The fourth-order valence-corrected chi connectivity index (χ4v) is 2.82. The number of nitrogens with zero attached hydrogens (tertiary/aromatic N) is 3. The largest absolute Gasteiger partial charge is 0.339 e. The van der Waals surface area contributed by atoms with Gasteiger partial charge in [-0.2, -0.15) is 5.10 Å². The van der Waals surface area contributed by atoms with Gasteiger partial charge in [-0.05, 0) is 46.7 Å². The maximum Gasteiger partial charge on any atom is 0.247 e. The molecule has 5 heteroatoms. The van der Waals surface area contributed by atoms with Crippen LogP contribution in [-0.2, 0) is 4.79 Å². The molecule has 1 aliphatic heterocycles. The molecule has 0 aliphatic carbocycles. The number of likely N-dealkylation sites (tertiary alicyclic amines) is 1. The van der Waals surface area contributed by atoms with E-state index in [2.05, 4.69) is 10.4 Å². The predicted molar refractivity (Wildman–Crippen MR) is 75.1 cm³/mol. The molecule has 19 heavy (non-hydrogen) atoms. The van der Waals surface area contributed by atoms with Crippen LogP contribution >= 0.6 is 0 Å². The number of aromatic nitrogens is 2. The van der Waals surface area contributed by atoms with E-state index in [1.165, 1.54) is 0 Å². The lowest BCUT2D eigenvalue weighted by molar-refractivity contribution is -0.136. The third-order valence-corrected chi connectivity index (χ3v) is 3.91. The molecule has 1 amide bonds. The molecule has 1 aliphatic rings. The lowest BCUT2D eigenvalue weighted by Gasteiger charge is -2.34. The monoisotopic (exact) mass is 264 g/mol. The summed E-state index contributed by atoms with van der Waals surface area (Å²) in [6.07, 6.45) is 2.22. The summed E-state index contributed by atoms with van der Waals surface area (Å²) in [5, 5.41) is 7.69. The van der Waals surface area contributed by atoms with Gasteiger partial charge in [0.05, 0.1) is 5.69 Å². The van der Waals surface area contributed by atoms with Gasteiger partial charge in [0, 0.05) is 24.8 Å². The smallest absolute Gasteiger partial charge is 0.247 e. The number of aryl methyl sites for hydroxylation is 2.